The molecule has 1 amide bonds. The zero-order chi connectivity index (χ0) is 19.9. The number of rotatable bonds is 8. The molecule has 2 aromatic heterocycles. The van der Waals surface area contributed by atoms with Gasteiger partial charge in [-0.1, -0.05) is 36.4 Å². The number of nitrogens with zero attached hydrogens (tertiary/aromatic N) is 1. The molecule has 0 fully saturated rings. The lowest BCUT2D eigenvalue weighted by molar-refractivity contribution is -0.121. The van der Waals surface area contributed by atoms with E-state index < -0.39 is 0 Å². The van der Waals surface area contributed by atoms with E-state index in [1.807, 2.05) is 60.8 Å². The highest BCUT2D eigenvalue weighted by Crippen LogP contribution is 2.19. The summed E-state index contributed by atoms with van der Waals surface area (Å²) in [5, 5.41) is 4.17. The van der Waals surface area contributed by atoms with Gasteiger partial charge in [-0.25, -0.2) is 0 Å². The van der Waals surface area contributed by atoms with Crippen LogP contribution < -0.4 is 10.1 Å². The second-order valence-electron chi connectivity index (χ2n) is 6.93. The van der Waals surface area contributed by atoms with Crippen LogP contribution in [0.25, 0.3) is 10.9 Å². The van der Waals surface area contributed by atoms with Crippen molar-refractivity contribution < 1.29 is 9.53 Å². The molecule has 0 unspecified atom stereocenters. The average Bonchev–Trinajstić information content (AvgIpc) is 3.19. The first kappa shape index (κ1) is 18.7. The number of aromatic nitrogens is 2. The normalized spacial score (nSPS) is 10.8. The van der Waals surface area contributed by atoms with Gasteiger partial charge in [0, 0.05) is 48.0 Å². The van der Waals surface area contributed by atoms with E-state index in [0.717, 1.165) is 28.8 Å². The van der Waals surface area contributed by atoms with Gasteiger partial charge >= 0.3 is 0 Å². The van der Waals surface area contributed by atoms with Crippen LogP contribution in [-0.4, -0.2) is 15.9 Å². The lowest BCUT2D eigenvalue weighted by Crippen LogP contribution is -2.22. The number of amides is 1. The van der Waals surface area contributed by atoms with E-state index in [0.29, 0.717) is 19.6 Å². The number of aromatic amines is 1. The molecule has 4 aromatic rings. The second kappa shape index (κ2) is 9.06. The van der Waals surface area contributed by atoms with E-state index >= 15 is 0 Å². The standard InChI is InChI=1S/C24H23N3O2/c28-24(12-9-20-16-26-23-6-2-1-5-22(20)23)27-15-18-7-10-21(11-8-18)29-17-19-4-3-13-25-14-19/h1-8,10-11,13-14,16,26H,9,12,15,17H2,(H,27,28). The van der Waals surface area contributed by atoms with Crippen molar-refractivity contribution in [3.05, 3.63) is 95.9 Å². The molecule has 0 aliphatic carbocycles. The summed E-state index contributed by atoms with van der Waals surface area (Å²) < 4.78 is 5.76. The number of carbonyl (C=O) groups excluding carboxylic acids is 1. The molecule has 29 heavy (non-hydrogen) atoms. The maximum absolute atomic E-state index is 12.2. The van der Waals surface area contributed by atoms with Gasteiger partial charge in [0.15, 0.2) is 0 Å². The molecular formula is C24H23N3O2. The van der Waals surface area contributed by atoms with Gasteiger partial charge in [0.1, 0.15) is 12.4 Å². The first-order chi connectivity index (χ1) is 14.3. The molecule has 0 spiro atoms. The average molecular weight is 385 g/mol. The summed E-state index contributed by atoms with van der Waals surface area (Å²) in [7, 11) is 0. The highest BCUT2D eigenvalue weighted by molar-refractivity contribution is 5.84. The Bertz CT molecular complexity index is 1070. The largest absolute Gasteiger partial charge is 0.489 e. The van der Waals surface area contributed by atoms with E-state index in [-0.39, 0.29) is 5.91 Å². The number of H-pyrrole nitrogens is 1. The summed E-state index contributed by atoms with van der Waals surface area (Å²) in [5.41, 5.74) is 4.35. The third-order valence-corrected chi connectivity index (χ3v) is 4.84. The molecule has 0 radical (unpaired) electrons. The van der Waals surface area contributed by atoms with Gasteiger partial charge in [0.2, 0.25) is 5.91 Å². The quantitative estimate of drug-likeness (QED) is 0.473. The van der Waals surface area contributed by atoms with Crippen LogP contribution >= 0.6 is 0 Å². The minimum Gasteiger partial charge on any atom is -0.489 e. The number of carbonyl (C=O) groups is 1. The maximum Gasteiger partial charge on any atom is 0.220 e. The molecule has 0 saturated carbocycles. The van der Waals surface area contributed by atoms with E-state index in [2.05, 4.69) is 21.4 Å². The van der Waals surface area contributed by atoms with E-state index in [9.17, 15) is 4.79 Å². The van der Waals surface area contributed by atoms with Crippen molar-refractivity contribution in [2.75, 3.05) is 0 Å². The fourth-order valence-corrected chi connectivity index (χ4v) is 3.23. The van der Waals surface area contributed by atoms with E-state index in [1.165, 1.54) is 10.9 Å². The van der Waals surface area contributed by atoms with Crippen LogP contribution in [0.15, 0.2) is 79.3 Å². The predicted octanol–water partition coefficient (Wildman–Crippen LogP) is 4.39. The topological polar surface area (TPSA) is 67.0 Å². The first-order valence-electron chi connectivity index (χ1n) is 9.70. The Morgan fingerprint density at radius 1 is 1.00 bits per heavy atom. The summed E-state index contributed by atoms with van der Waals surface area (Å²) in [5.74, 6) is 0.843. The Balaban J connectivity index is 1.23. The van der Waals surface area contributed by atoms with Crippen molar-refractivity contribution in [3.63, 3.8) is 0 Å². The molecule has 146 valence electrons. The molecule has 2 aromatic carbocycles. The van der Waals surface area contributed by atoms with Crippen LogP contribution in [0.4, 0.5) is 0 Å². The molecule has 0 atom stereocenters. The van der Waals surface area contributed by atoms with Crippen molar-refractivity contribution in [1.29, 1.82) is 0 Å². The molecule has 5 heteroatoms. The summed E-state index contributed by atoms with van der Waals surface area (Å²) >= 11 is 0. The Labute approximate surface area is 169 Å². The van der Waals surface area contributed by atoms with Gasteiger partial charge in [-0.3, -0.25) is 9.78 Å². The van der Waals surface area contributed by atoms with Gasteiger partial charge in [0.25, 0.3) is 0 Å². The monoisotopic (exact) mass is 385 g/mol. The van der Waals surface area contributed by atoms with Gasteiger partial charge in [0.05, 0.1) is 0 Å². The van der Waals surface area contributed by atoms with Crippen LogP contribution in [0, 0.1) is 0 Å². The smallest absolute Gasteiger partial charge is 0.220 e. The third kappa shape index (κ3) is 5.02. The molecule has 0 aliphatic heterocycles. The van der Waals surface area contributed by atoms with Crippen LogP contribution in [-0.2, 0) is 24.4 Å². The lowest BCUT2D eigenvalue weighted by atomic mass is 10.1. The first-order valence-corrected chi connectivity index (χ1v) is 9.70. The molecule has 0 aliphatic rings. The fourth-order valence-electron chi connectivity index (χ4n) is 3.23. The fraction of sp³-hybridized carbons (Fsp3) is 0.167. The molecule has 0 saturated heterocycles. The van der Waals surface area contributed by atoms with Crippen LogP contribution in [0.5, 0.6) is 5.75 Å². The Kier molecular flexibility index (Phi) is 5.86. The van der Waals surface area contributed by atoms with Gasteiger partial charge in [-0.15, -0.1) is 0 Å². The molecule has 0 bridgehead atoms. The third-order valence-electron chi connectivity index (χ3n) is 4.84. The van der Waals surface area contributed by atoms with Crippen molar-refractivity contribution in [2.45, 2.75) is 26.0 Å². The van der Waals surface area contributed by atoms with Crippen molar-refractivity contribution in [2.24, 2.45) is 0 Å². The number of hydrogen-bond donors (Lipinski definition) is 2. The number of ether oxygens (including phenoxy) is 1. The maximum atomic E-state index is 12.2. The number of fused-ring (bicyclic) bond motifs is 1. The van der Waals surface area contributed by atoms with Crippen molar-refractivity contribution >= 4 is 16.8 Å². The Morgan fingerprint density at radius 3 is 2.69 bits per heavy atom. The highest BCUT2D eigenvalue weighted by atomic mass is 16.5. The number of pyridine rings is 1. The Morgan fingerprint density at radius 2 is 1.86 bits per heavy atom. The highest BCUT2D eigenvalue weighted by Gasteiger charge is 2.07. The number of benzene rings is 2. The van der Waals surface area contributed by atoms with Crippen LogP contribution in [0.1, 0.15) is 23.1 Å². The molecule has 2 heterocycles. The minimum absolute atomic E-state index is 0.0483. The van der Waals surface area contributed by atoms with Crippen molar-refractivity contribution in [1.82, 2.24) is 15.3 Å². The second-order valence-corrected chi connectivity index (χ2v) is 6.93. The number of nitrogens with one attached hydrogen (secondary N) is 2. The Hall–Kier alpha value is -3.60. The number of aryl methyl sites for hydroxylation is 1. The summed E-state index contributed by atoms with van der Waals surface area (Å²) in [4.78, 5) is 19.5. The summed E-state index contributed by atoms with van der Waals surface area (Å²) in [6.07, 6.45) is 6.71. The minimum atomic E-state index is 0.0483. The summed E-state index contributed by atoms with van der Waals surface area (Å²) in [6, 6.07) is 19.8. The van der Waals surface area contributed by atoms with Gasteiger partial charge in [-0.05, 0) is 41.8 Å². The SMILES string of the molecule is O=C(CCc1c[nH]c2ccccc12)NCc1ccc(OCc2cccnc2)cc1. The lowest BCUT2D eigenvalue weighted by Gasteiger charge is -2.08. The van der Waals surface area contributed by atoms with Crippen molar-refractivity contribution in [3.8, 4) is 5.75 Å². The van der Waals surface area contributed by atoms with Crippen LogP contribution in [0.3, 0.4) is 0 Å². The van der Waals surface area contributed by atoms with Gasteiger partial charge in [-0.2, -0.15) is 0 Å². The molecule has 5 nitrogen and oxygen atoms in total. The molecule has 4 rings (SSSR count). The van der Waals surface area contributed by atoms with E-state index in [4.69, 9.17) is 4.74 Å². The zero-order valence-corrected chi connectivity index (χ0v) is 16.1. The van der Waals surface area contributed by atoms with E-state index in [1.54, 1.807) is 12.4 Å². The number of hydrogen-bond acceptors (Lipinski definition) is 3. The molecule has 2 N–H and O–H groups in total. The molecular weight excluding hydrogens is 362 g/mol. The zero-order valence-electron chi connectivity index (χ0n) is 16.1. The summed E-state index contributed by atoms with van der Waals surface area (Å²) in [6.45, 7) is 0.993. The van der Waals surface area contributed by atoms with Crippen LogP contribution in [0.2, 0.25) is 0 Å². The van der Waals surface area contributed by atoms with Gasteiger partial charge < -0.3 is 15.0 Å². The predicted molar refractivity (Wildman–Crippen MR) is 113 cm³/mol. The number of para-hydroxylation sites is 1.